The Hall–Kier alpha value is -2.58. The fourth-order valence-electron chi connectivity index (χ4n) is 3.78. The zero-order chi connectivity index (χ0) is 23.5. The van der Waals surface area contributed by atoms with Crippen molar-refractivity contribution in [2.45, 2.75) is 44.6 Å². The van der Waals surface area contributed by atoms with E-state index in [1.807, 2.05) is 43.1 Å². The van der Waals surface area contributed by atoms with E-state index in [0.29, 0.717) is 17.7 Å². The summed E-state index contributed by atoms with van der Waals surface area (Å²) in [7, 11) is 3.11. The number of methoxy groups -OCH3 is 1. The van der Waals surface area contributed by atoms with Crippen LogP contribution in [0.25, 0.3) is 0 Å². The van der Waals surface area contributed by atoms with Crippen LogP contribution in [0.15, 0.2) is 41.4 Å². The van der Waals surface area contributed by atoms with Gasteiger partial charge in [0, 0.05) is 25.2 Å². The summed E-state index contributed by atoms with van der Waals surface area (Å²) < 4.78 is 53.5. The Morgan fingerprint density at radius 3 is 2.62 bits per heavy atom. The Balaban J connectivity index is 1.94. The Morgan fingerprint density at radius 1 is 1.25 bits per heavy atom. The number of nitrogens with zero attached hydrogens (tertiary/aromatic N) is 2. The quantitative estimate of drug-likeness (QED) is 0.451. The molecule has 8 heteroatoms. The molecule has 2 aromatic carbocycles. The molecular formula is C24H29F3N2O3. The molecule has 0 aliphatic heterocycles. The highest BCUT2D eigenvalue weighted by molar-refractivity contribution is 5.65. The van der Waals surface area contributed by atoms with Gasteiger partial charge in [0.15, 0.2) is 0 Å². The molecule has 0 saturated heterocycles. The van der Waals surface area contributed by atoms with Crippen LogP contribution < -0.4 is 4.74 Å². The van der Waals surface area contributed by atoms with E-state index in [-0.39, 0.29) is 11.3 Å². The van der Waals surface area contributed by atoms with Gasteiger partial charge in [-0.15, -0.1) is 0 Å². The van der Waals surface area contributed by atoms with Crippen molar-refractivity contribution in [3.05, 3.63) is 58.7 Å². The molecule has 1 aliphatic rings. The molecular weight excluding hydrogens is 421 g/mol. The van der Waals surface area contributed by atoms with E-state index < -0.39 is 24.5 Å². The van der Waals surface area contributed by atoms with Crippen LogP contribution in [0.1, 0.15) is 41.7 Å². The van der Waals surface area contributed by atoms with E-state index in [9.17, 15) is 18.3 Å². The predicted octanol–water partition coefficient (Wildman–Crippen LogP) is 5.07. The lowest BCUT2D eigenvalue weighted by Crippen LogP contribution is -2.46. The molecule has 0 aromatic heterocycles. The van der Waals surface area contributed by atoms with E-state index in [1.54, 1.807) is 13.3 Å². The van der Waals surface area contributed by atoms with Crippen molar-refractivity contribution < 1.29 is 27.8 Å². The summed E-state index contributed by atoms with van der Waals surface area (Å²) in [5, 5.41) is 10.9. The average molecular weight is 451 g/mol. The van der Waals surface area contributed by atoms with Crippen LogP contribution in [0.4, 0.5) is 18.9 Å². The molecule has 1 N–H and O–H groups in total. The number of rotatable bonds is 8. The van der Waals surface area contributed by atoms with E-state index in [2.05, 4.69) is 4.99 Å². The summed E-state index contributed by atoms with van der Waals surface area (Å²) in [5.41, 5.74) is -0.760. The number of benzene rings is 2. The second-order valence-corrected chi connectivity index (χ2v) is 8.05. The van der Waals surface area contributed by atoms with Crippen LogP contribution in [0.3, 0.4) is 0 Å². The van der Waals surface area contributed by atoms with E-state index in [1.165, 1.54) is 19.2 Å². The molecule has 32 heavy (non-hydrogen) atoms. The summed E-state index contributed by atoms with van der Waals surface area (Å²) in [5.74, 6) is -0.0999. The van der Waals surface area contributed by atoms with Crippen LogP contribution in [0.5, 0.6) is 5.75 Å². The first kappa shape index (κ1) is 24.1. The van der Waals surface area contributed by atoms with Gasteiger partial charge in [-0.25, -0.2) is 4.99 Å². The molecule has 0 radical (unpaired) electrons. The molecule has 1 aliphatic carbocycles. The molecule has 174 valence electrons. The zero-order valence-corrected chi connectivity index (χ0v) is 18.7. The monoisotopic (exact) mass is 450 g/mol. The van der Waals surface area contributed by atoms with Crippen molar-refractivity contribution in [1.82, 2.24) is 4.90 Å². The first-order chi connectivity index (χ1) is 15.1. The largest absolute Gasteiger partial charge is 0.496 e. The van der Waals surface area contributed by atoms with Gasteiger partial charge in [0.25, 0.3) is 0 Å². The number of hydrogen-bond donors (Lipinski definition) is 1. The summed E-state index contributed by atoms with van der Waals surface area (Å²) in [6.45, 7) is 3.39. The predicted molar refractivity (Wildman–Crippen MR) is 118 cm³/mol. The minimum atomic E-state index is -4.97. The van der Waals surface area contributed by atoms with Crippen molar-refractivity contribution in [1.29, 1.82) is 0 Å². The van der Waals surface area contributed by atoms with Crippen molar-refractivity contribution in [2.24, 2.45) is 4.99 Å². The summed E-state index contributed by atoms with van der Waals surface area (Å²) in [6, 6.07) is 10.2. The van der Waals surface area contributed by atoms with E-state index >= 15 is 0 Å². The van der Waals surface area contributed by atoms with Crippen molar-refractivity contribution in [3.63, 3.8) is 0 Å². The van der Waals surface area contributed by atoms with Crippen LogP contribution in [0.2, 0.25) is 0 Å². The topological polar surface area (TPSA) is 54.3 Å². The number of aliphatic hydroxyl groups is 1. The first-order valence-electron chi connectivity index (χ1n) is 10.5. The molecule has 2 unspecified atom stereocenters. The Labute approximate surface area is 186 Å². The third-order valence-corrected chi connectivity index (χ3v) is 5.90. The highest BCUT2D eigenvalue weighted by Gasteiger charge is 2.57. The van der Waals surface area contributed by atoms with Gasteiger partial charge in [0.2, 0.25) is 5.60 Å². The normalized spacial score (nSPS) is 17.9. The molecule has 0 spiro atoms. The highest BCUT2D eigenvalue weighted by atomic mass is 19.4. The smallest absolute Gasteiger partial charge is 0.423 e. The first-order valence-corrected chi connectivity index (χ1v) is 10.5. The van der Waals surface area contributed by atoms with Gasteiger partial charge in [-0.3, -0.25) is 0 Å². The van der Waals surface area contributed by atoms with E-state index in [4.69, 9.17) is 9.47 Å². The maximum absolute atomic E-state index is 14.2. The summed E-state index contributed by atoms with van der Waals surface area (Å²) >= 11 is 0. The number of alkyl halides is 3. The molecule has 5 nitrogen and oxygen atoms in total. The minimum Gasteiger partial charge on any atom is -0.496 e. The lowest BCUT2D eigenvalue weighted by atomic mass is 9.91. The van der Waals surface area contributed by atoms with Crippen LogP contribution >= 0.6 is 0 Å². The number of ether oxygens (including phenoxy) is 2. The number of fused-ring (bicyclic) bond motifs is 1. The molecule has 3 rings (SSSR count). The molecule has 2 aromatic rings. The lowest BCUT2D eigenvalue weighted by molar-refractivity contribution is -0.286. The van der Waals surface area contributed by atoms with Crippen molar-refractivity contribution in [2.75, 3.05) is 27.3 Å². The number of aliphatic imine (C=N–C) groups is 1. The van der Waals surface area contributed by atoms with Crippen LogP contribution in [-0.4, -0.2) is 49.8 Å². The minimum absolute atomic E-state index is 0.0999. The van der Waals surface area contributed by atoms with Gasteiger partial charge in [-0.1, -0.05) is 24.3 Å². The number of halogens is 3. The molecule has 0 fully saturated rings. The SMILES string of the molecule is CCN(C)/C=N/c1cc(OC)c(C(O)(COC2CCc3ccccc32)C(F)(F)F)cc1C. The maximum atomic E-state index is 14.2. The van der Waals surface area contributed by atoms with Gasteiger partial charge in [-0.2, -0.15) is 13.2 Å². The van der Waals surface area contributed by atoms with E-state index in [0.717, 1.165) is 24.1 Å². The number of aryl methyl sites for hydroxylation is 2. The van der Waals surface area contributed by atoms with Crippen LogP contribution in [0, 0.1) is 6.92 Å². The molecule has 0 amide bonds. The summed E-state index contributed by atoms with van der Waals surface area (Å²) in [4.78, 5) is 6.16. The van der Waals surface area contributed by atoms with Gasteiger partial charge < -0.3 is 19.5 Å². The molecule has 0 saturated carbocycles. The molecule has 2 atom stereocenters. The zero-order valence-electron chi connectivity index (χ0n) is 18.7. The summed E-state index contributed by atoms with van der Waals surface area (Å²) in [6.07, 6.45) is -2.58. The lowest BCUT2D eigenvalue weighted by Gasteiger charge is -2.33. The Kier molecular flexibility index (Phi) is 7.15. The fraction of sp³-hybridized carbons (Fsp3) is 0.458. The van der Waals surface area contributed by atoms with Crippen molar-refractivity contribution in [3.8, 4) is 5.75 Å². The highest BCUT2D eigenvalue weighted by Crippen LogP contribution is 2.46. The number of hydrogen-bond acceptors (Lipinski definition) is 4. The standard InChI is InChI=1S/C24H29F3N2O3/c1-5-29(3)15-28-20-13-22(31-4)19(12-16(20)2)23(30,24(25,26)27)14-32-21-11-10-17-8-6-7-9-18(17)21/h6-9,12-13,15,21,30H,5,10-11,14H2,1-4H3/b28-15+. The van der Waals surface area contributed by atoms with Crippen molar-refractivity contribution >= 4 is 12.0 Å². The second-order valence-electron chi connectivity index (χ2n) is 8.05. The van der Waals surface area contributed by atoms with Gasteiger partial charge in [-0.05, 0) is 49.4 Å². The Bertz CT molecular complexity index is 977. The van der Waals surface area contributed by atoms with Gasteiger partial charge in [0.1, 0.15) is 5.75 Å². The average Bonchev–Trinajstić information content (AvgIpc) is 3.18. The third kappa shape index (κ3) is 4.76. The molecule has 0 heterocycles. The molecule has 0 bridgehead atoms. The third-order valence-electron chi connectivity index (χ3n) is 5.90. The Morgan fingerprint density at radius 2 is 1.97 bits per heavy atom. The maximum Gasteiger partial charge on any atom is 0.423 e. The van der Waals surface area contributed by atoms with Gasteiger partial charge >= 0.3 is 6.18 Å². The van der Waals surface area contributed by atoms with Crippen LogP contribution in [-0.2, 0) is 16.8 Å². The fourth-order valence-corrected chi connectivity index (χ4v) is 3.78. The second kappa shape index (κ2) is 9.50. The van der Waals surface area contributed by atoms with Gasteiger partial charge in [0.05, 0.1) is 31.8 Å².